The van der Waals surface area contributed by atoms with E-state index in [4.69, 9.17) is 19.7 Å². The first kappa shape index (κ1) is 28.6. The van der Waals surface area contributed by atoms with Crippen LogP contribution < -0.4 is 15.2 Å². The number of nitrogens with one attached hydrogen (secondary N) is 1. The van der Waals surface area contributed by atoms with Crippen molar-refractivity contribution in [2.75, 3.05) is 74.0 Å². The zero-order valence-electron chi connectivity index (χ0n) is 24.3. The summed E-state index contributed by atoms with van der Waals surface area (Å²) >= 11 is 1.64. The van der Waals surface area contributed by atoms with Gasteiger partial charge in [-0.15, -0.1) is 11.3 Å². The van der Waals surface area contributed by atoms with Crippen molar-refractivity contribution in [2.45, 2.75) is 6.54 Å². The average Bonchev–Trinajstić information content (AvgIpc) is 3.63. The molecule has 0 bridgehead atoms. The van der Waals surface area contributed by atoms with Crippen LogP contribution in [0.2, 0.25) is 0 Å². The van der Waals surface area contributed by atoms with Crippen LogP contribution in [-0.2, 0) is 21.3 Å². The molecule has 1 N–H and O–H groups in total. The van der Waals surface area contributed by atoms with Gasteiger partial charge in [-0.25, -0.2) is 23.8 Å². The van der Waals surface area contributed by atoms with E-state index in [-0.39, 0.29) is 0 Å². The van der Waals surface area contributed by atoms with Crippen molar-refractivity contribution >= 4 is 65.6 Å². The van der Waals surface area contributed by atoms with Crippen molar-refractivity contribution < 1.29 is 13.2 Å². The third kappa shape index (κ3) is 5.98. The number of rotatable bonds is 8. The molecule has 2 fully saturated rings. The highest BCUT2D eigenvalue weighted by atomic mass is 32.2. The number of benzene rings is 2. The number of piperazine rings is 1. The van der Waals surface area contributed by atoms with Crippen LogP contribution in [0.15, 0.2) is 65.8 Å². The third-order valence-electron chi connectivity index (χ3n) is 7.88. The van der Waals surface area contributed by atoms with Crippen molar-refractivity contribution in [3.8, 4) is 0 Å². The first-order valence-electron chi connectivity index (χ1n) is 14.5. The largest absolute Gasteiger partial charge is 0.378 e. The molecule has 2 aliphatic rings. The number of aromatic nitrogens is 4. The molecule has 14 heteroatoms. The summed E-state index contributed by atoms with van der Waals surface area (Å²) < 4.78 is 34.3. The second-order valence-corrected chi connectivity index (χ2v) is 13.8. The number of sulfonamides is 1. The fraction of sp³-hybridized carbons (Fsp3) is 0.333. The van der Waals surface area contributed by atoms with Gasteiger partial charge in [-0.05, 0) is 23.8 Å². The van der Waals surface area contributed by atoms with Gasteiger partial charge in [0.15, 0.2) is 11.6 Å². The molecular weight excluding hydrogens is 599 g/mol. The molecule has 228 valence electrons. The second-order valence-electron chi connectivity index (χ2n) is 10.8. The van der Waals surface area contributed by atoms with E-state index in [1.54, 1.807) is 17.6 Å². The number of ether oxygens (including phenoxy) is 1. The van der Waals surface area contributed by atoms with Gasteiger partial charge >= 0.3 is 0 Å². The zero-order chi connectivity index (χ0) is 30.1. The van der Waals surface area contributed by atoms with Gasteiger partial charge in [-0.1, -0.05) is 42.5 Å². The lowest BCUT2D eigenvalue weighted by Crippen LogP contribution is -2.48. The summed E-state index contributed by atoms with van der Waals surface area (Å²) in [6.45, 7) is 5.58. The second kappa shape index (κ2) is 12.1. The van der Waals surface area contributed by atoms with E-state index < -0.39 is 10.0 Å². The number of para-hydroxylation sites is 2. The fourth-order valence-corrected chi connectivity index (χ4v) is 7.60. The zero-order valence-corrected chi connectivity index (χ0v) is 26.0. The van der Waals surface area contributed by atoms with Gasteiger partial charge in [0.05, 0.1) is 51.9 Å². The first-order chi connectivity index (χ1) is 21.4. The quantitative estimate of drug-likeness (QED) is 0.203. The van der Waals surface area contributed by atoms with Crippen LogP contribution in [0, 0.1) is 0 Å². The summed E-state index contributed by atoms with van der Waals surface area (Å²) in [5.74, 6) is 1.97. The molecule has 0 amide bonds. The maximum Gasteiger partial charge on any atom is 0.246 e. The maximum absolute atomic E-state index is 12.0. The monoisotopic (exact) mass is 631 g/mol. The molecule has 2 aromatic carbocycles. The molecular formula is C30H33N9O3S2. The Kier molecular flexibility index (Phi) is 7.89. The summed E-state index contributed by atoms with van der Waals surface area (Å²) in [6.07, 6.45) is 2.98. The minimum absolute atomic E-state index is 0.396. The average molecular weight is 632 g/mol. The van der Waals surface area contributed by atoms with E-state index in [2.05, 4.69) is 49.2 Å². The van der Waals surface area contributed by atoms with E-state index in [9.17, 15) is 8.42 Å². The molecule has 0 spiro atoms. The molecule has 7 rings (SSSR count). The number of nitrogens with zero attached hydrogens (tertiary/aromatic N) is 8. The SMILES string of the molecule is CS(=O)(=O)N1CCN(c2cc3nc(N/N=C/c4nc5ccccc5n4Cc4ccccc4)nc(N4CCOCC4)c3s2)CC1. The molecule has 0 saturated carbocycles. The van der Waals surface area contributed by atoms with Gasteiger partial charge in [0.2, 0.25) is 16.0 Å². The van der Waals surface area contributed by atoms with E-state index in [1.807, 2.05) is 36.4 Å². The Balaban J connectivity index is 1.18. The summed E-state index contributed by atoms with van der Waals surface area (Å²) in [5.41, 5.74) is 7.00. The smallest absolute Gasteiger partial charge is 0.246 e. The number of imidazole rings is 1. The number of morpholine rings is 1. The summed E-state index contributed by atoms with van der Waals surface area (Å²) in [4.78, 5) is 19.0. The maximum atomic E-state index is 12.0. The molecule has 2 saturated heterocycles. The molecule has 5 heterocycles. The molecule has 2 aliphatic heterocycles. The Morgan fingerprint density at radius 2 is 1.66 bits per heavy atom. The lowest BCUT2D eigenvalue weighted by atomic mass is 10.2. The Hall–Kier alpha value is -4.11. The van der Waals surface area contributed by atoms with Crippen molar-refractivity contribution in [3.05, 3.63) is 72.1 Å². The van der Waals surface area contributed by atoms with Gasteiger partial charge in [0.1, 0.15) is 0 Å². The Morgan fingerprint density at radius 1 is 0.909 bits per heavy atom. The van der Waals surface area contributed by atoms with Gasteiger partial charge in [0, 0.05) is 45.8 Å². The number of hydrazone groups is 1. The third-order valence-corrected chi connectivity index (χ3v) is 10.4. The molecule has 44 heavy (non-hydrogen) atoms. The molecule has 0 atom stereocenters. The van der Waals surface area contributed by atoms with Gasteiger partial charge in [-0.3, -0.25) is 0 Å². The Morgan fingerprint density at radius 3 is 2.43 bits per heavy atom. The lowest BCUT2D eigenvalue weighted by molar-refractivity contribution is 0.122. The molecule has 0 unspecified atom stereocenters. The van der Waals surface area contributed by atoms with Crippen LogP contribution in [0.5, 0.6) is 0 Å². The first-order valence-corrected chi connectivity index (χ1v) is 17.2. The predicted octanol–water partition coefficient (Wildman–Crippen LogP) is 3.45. The summed E-state index contributed by atoms with van der Waals surface area (Å²) in [7, 11) is -3.20. The number of hydrogen-bond donors (Lipinski definition) is 1. The van der Waals surface area contributed by atoms with Crippen LogP contribution in [0.3, 0.4) is 0 Å². The molecule has 0 radical (unpaired) electrons. The highest BCUT2D eigenvalue weighted by molar-refractivity contribution is 7.88. The number of anilines is 3. The van der Waals surface area contributed by atoms with Crippen LogP contribution in [0.1, 0.15) is 11.4 Å². The molecule has 0 aliphatic carbocycles. The molecule has 3 aromatic heterocycles. The van der Waals surface area contributed by atoms with Gasteiger partial charge < -0.3 is 19.1 Å². The van der Waals surface area contributed by atoms with Gasteiger partial charge in [0.25, 0.3) is 0 Å². The number of fused-ring (bicyclic) bond motifs is 2. The molecule has 12 nitrogen and oxygen atoms in total. The number of hydrogen-bond acceptors (Lipinski definition) is 11. The van der Waals surface area contributed by atoms with Crippen molar-refractivity contribution in [1.82, 2.24) is 23.8 Å². The van der Waals surface area contributed by atoms with Crippen LogP contribution in [0.4, 0.5) is 16.8 Å². The van der Waals surface area contributed by atoms with Crippen molar-refractivity contribution in [2.24, 2.45) is 5.10 Å². The minimum Gasteiger partial charge on any atom is -0.378 e. The Labute approximate surface area is 259 Å². The van der Waals surface area contributed by atoms with E-state index in [1.165, 1.54) is 16.1 Å². The van der Waals surface area contributed by atoms with Crippen molar-refractivity contribution in [1.29, 1.82) is 0 Å². The van der Waals surface area contributed by atoms with E-state index in [0.29, 0.717) is 51.9 Å². The topological polar surface area (TPSA) is 121 Å². The minimum atomic E-state index is -3.20. The highest BCUT2D eigenvalue weighted by Gasteiger charge is 2.26. The van der Waals surface area contributed by atoms with E-state index >= 15 is 0 Å². The van der Waals surface area contributed by atoms with Gasteiger partial charge in [-0.2, -0.15) is 14.4 Å². The Bertz CT molecular complexity index is 1910. The van der Waals surface area contributed by atoms with E-state index in [0.717, 1.165) is 51.0 Å². The lowest BCUT2D eigenvalue weighted by Gasteiger charge is -2.33. The normalized spacial score (nSPS) is 16.8. The van der Waals surface area contributed by atoms with Crippen LogP contribution >= 0.6 is 11.3 Å². The highest BCUT2D eigenvalue weighted by Crippen LogP contribution is 2.38. The van der Waals surface area contributed by atoms with Crippen LogP contribution in [-0.4, -0.2) is 97.2 Å². The fourth-order valence-electron chi connectivity index (χ4n) is 5.61. The standard InChI is InChI=1S/C30H33N9O3S2/c1-44(40,41)38-13-11-36(12-14-38)27-19-24-28(43-27)29(37-15-17-42-18-16-37)34-30(33-24)35-31-20-26-32-23-9-5-6-10-25(23)39(26)21-22-7-3-2-4-8-22/h2-10,19-20H,11-18,21H2,1H3,(H,33,34,35)/b31-20+. The van der Waals surface area contributed by atoms with Crippen LogP contribution in [0.25, 0.3) is 21.3 Å². The molecule has 5 aromatic rings. The van der Waals surface area contributed by atoms with Crippen molar-refractivity contribution in [3.63, 3.8) is 0 Å². The summed E-state index contributed by atoms with van der Waals surface area (Å²) in [6, 6.07) is 20.4. The number of thiophene rings is 1. The predicted molar refractivity (Wildman–Crippen MR) is 176 cm³/mol. The summed E-state index contributed by atoms with van der Waals surface area (Å²) in [5, 5.41) is 5.58.